The summed E-state index contributed by atoms with van der Waals surface area (Å²) in [6, 6.07) is 5.60. The Morgan fingerprint density at radius 1 is 1.22 bits per heavy atom. The number of aryl methyl sites for hydroxylation is 4. The van der Waals surface area contributed by atoms with Crippen molar-refractivity contribution in [1.82, 2.24) is 5.16 Å². The maximum Gasteiger partial charge on any atom is 0.344 e. The molecule has 1 amide bonds. The van der Waals surface area contributed by atoms with Gasteiger partial charge in [-0.05, 0) is 50.5 Å². The van der Waals surface area contributed by atoms with E-state index in [1.165, 1.54) is 0 Å². The number of hydrogen-bond donors (Lipinski definition) is 1. The van der Waals surface area contributed by atoms with Crippen LogP contribution in [0.5, 0.6) is 0 Å². The molecule has 0 aliphatic carbocycles. The highest BCUT2D eigenvalue weighted by Gasteiger charge is 2.21. The van der Waals surface area contributed by atoms with E-state index in [4.69, 9.17) is 9.26 Å². The van der Waals surface area contributed by atoms with Crippen LogP contribution in [0.2, 0.25) is 0 Å². The van der Waals surface area contributed by atoms with E-state index >= 15 is 0 Å². The van der Waals surface area contributed by atoms with Gasteiger partial charge in [-0.1, -0.05) is 18.1 Å². The van der Waals surface area contributed by atoms with Crippen molar-refractivity contribution in [2.75, 3.05) is 11.9 Å². The van der Waals surface area contributed by atoms with E-state index in [1.807, 2.05) is 32.9 Å². The third-order valence-electron chi connectivity index (χ3n) is 3.60. The number of ether oxygens (including phenoxy) is 1. The Morgan fingerprint density at radius 3 is 2.61 bits per heavy atom. The Balaban J connectivity index is 1.94. The number of nitrogens with zero attached hydrogens (tertiary/aromatic N) is 1. The third kappa shape index (κ3) is 3.97. The number of esters is 1. The van der Waals surface area contributed by atoms with Crippen molar-refractivity contribution in [2.24, 2.45) is 0 Å². The van der Waals surface area contributed by atoms with E-state index < -0.39 is 11.9 Å². The second kappa shape index (κ2) is 7.09. The predicted octanol–water partition coefficient (Wildman–Crippen LogP) is 2.96. The van der Waals surface area contributed by atoms with Gasteiger partial charge in [-0.3, -0.25) is 4.79 Å². The van der Waals surface area contributed by atoms with Gasteiger partial charge in [0.2, 0.25) is 0 Å². The van der Waals surface area contributed by atoms with Crippen LogP contribution in [-0.4, -0.2) is 23.6 Å². The maximum absolute atomic E-state index is 12.1. The molecule has 0 unspecified atom stereocenters. The van der Waals surface area contributed by atoms with Crippen LogP contribution < -0.4 is 5.32 Å². The summed E-state index contributed by atoms with van der Waals surface area (Å²) in [6.07, 6.45) is 0.552. The van der Waals surface area contributed by atoms with Crippen LogP contribution in [0.1, 0.15) is 39.9 Å². The molecule has 1 aromatic carbocycles. The van der Waals surface area contributed by atoms with Crippen molar-refractivity contribution in [3.8, 4) is 0 Å². The molecule has 0 spiro atoms. The first-order valence-corrected chi connectivity index (χ1v) is 7.41. The zero-order chi connectivity index (χ0) is 17.0. The van der Waals surface area contributed by atoms with Crippen LogP contribution in [0, 0.1) is 20.8 Å². The molecule has 0 aliphatic heterocycles. The summed E-state index contributed by atoms with van der Waals surface area (Å²) in [5.41, 5.74) is 3.72. The van der Waals surface area contributed by atoms with Gasteiger partial charge in [-0.2, -0.15) is 0 Å². The standard InChI is InChI=1S/C17H20N2O4/c1-5-14-16(12(4)23-19-14)17(21)22-9-15(20)18-13-7-6-10(2)11(3)8-13/h6-8H,5,9H2,1-4H3,(H,18,20). The molecule has 122 valence electrons. The Morgan fingerprint density at radius 2 is 1.96 bits per heavy atom. The van der Waals surface area contributed by atoms with Crippen LogP contribution in [0.15, 0.2) is 22.7 Å². The monoisotopic (exact) mass is 316 g/mol. The normalized spacial score (nSPS) is 10.4. The minimum Gasteiger partial charge on any atom is -0.452 e. The Bertz CT molecular complexity index is 734. The second-order valence-electron chi connectivity index (χ2n) is 5.34. The molecule has 2 rings (SSSR count). The first-order valence-electron chi connectivity index (χ1n) is 7.41. The average molecular weight is 316 g/mol. The number of benzene rings is 1. The van der Waals surface area contributed by atoms with Gasteiger partial charge in [0.15, 0.2) is 6.61 Å². The zero-order valence-electron chi connectivity index (χ0n) is 13.7. The lowest BCUT2D eigenvalue weighted by atomic mass is 10.1. The molecule has 0 saturated heterocycles. The van der Waals surface area contributed by atoms with Crippen LogP contribution in [0.3, 0.4) is 0 Å². The van der Waals surface area contributed by atoms with Crippen molar-refractivity contribution >= 4 is 17.6 Å². The first kappa shape index (κ1) is 16.7. The van der Waals surface area contributed by atoms with Gasteiger partial charge in [0.1, 0.15) is 11.3 Å². The second-order valence-corrected chi connectivity index (χ2v) is 5.34. The molecule has 0 bridgehead atoms. The molecule has 2 aromatic rings. The van der Waals surface area contributed by atoms with Crippen molar-refractivity contribution < 1.29 is 18.8 Å². The fraction of sp³-hybridized carbons (Fsp3) is 0.353. The van der Waals surface area contributed by atoms with Gasteiger partial charge in [0.05, 0.1) is 5.69 Å². The summed E-state index contributed by atoms with van der Waals surface area (Å²) < 4.78 is 10.0. The number of carbonyl (C=O) groups is 2. The minimum atomic E-state index is -0.601. The number of rotatable bonds is 5. The van der Waals surface area contributed by atoms with Crippen molar-refractivity contribution in [1.29, 1.82) is 0 Å². The Kier molecular flexibility index (Phi) is 5.16. The van der Waals surface area contributed by atoms with Crippen LogP contribution >= 0.6 is 0 Å². The molecular weight excluding hydrogens is 296 g/mol. The highest BCUT2D eigenvalue weighted by atomic mass is 16.5. The van der Waals surface area contributed by atoms with Gasteiger partial charge in [-0.25, -0.2) is 4.79 Å². The molecule has 0 saturated carbocycles. The summed E-state index contributed by atoms with van der Waals surface area (Å²) in [4.78, 5) is 24.0. The molecule has 0 radical (unpaired) electrons. The average Bonchev–Trinajstić information content (AvgIpc) is 2.89. The summed E-state index contributed by atoms with van der Waals surface area (Å²) in [5.74, 6) is -0.606. The predicted molar refractivity (Wildman–Crippen MR) is 85.4 cm³/mol. The molecule has 0 aliphatic rings. The first-order chi connectivity index (χ1) is 10.9. The summed E-state index contributed by atoms with van der Waals surface area (Å²) in [7, 11) is 0. The van der Waals surface area contributed by atoms with Crippen LogP contribution in [0.25, 0.3) is 0 Å². The number of anilines is 1. The van der Waals surface area contributed by atoms with E-state index in [1.54, 1.807) is 13.0 Å². The number of carbonyl (C=O) groups excluding carboxylic acids is 2. The minimum absolute atomic E-state index is 0.298. The largest absolute Gasteiger partial charge is 0.452 e. The highest BCUT2D eigenvalue weighted by Crippen LogP contribution is 2.16. The lowest BCUT2D eigenvalue weighted by Gasteiger charge is -2.08. The molecule has 0 atom stereocenters. The molecule has 0 fully saturated rings. The van der Waals surface area contributed by atoms with Crippen LogP contribution in [-0.2, 0) is 16.0 Å². The molecule has 1 aromatic heterocycles. The fourth-order valence-electron chi connectivity index (χ4n) is 2.14. The van der Waals surface area contributed by atoms with Gasteiger partial charge < -0.3 is 14.6 Å². The van der Waals surface area contributed by atoms with Crippen molar-refractivity contribution in [2.45, 2.75) is 34.1 Å². The highest BCUT2D eigenvalue weighted by molar-refractivity contribution is 5.96. The number of nitrogens with one attached hydrogen (secondary N) is 1. The molecular formula is C17H20N2O4. The summed E-state index contributed by atoms with van der Waals surface area (Å²) >= 11 is 0. The fourth-order valence-corrected chi connectivity index (χ4v) is 2.14. The Labute approximate surface area is 134 Å². The van der Waals surface area contributed by atoms with Gasteiger partial charge in [0.25, 0.3) is 5.91 Å². The van der Waals surface area contributed by atoms with E-state index in [0.717, 1.165) is 11.1 Å². The van der Waals surface area contributed by atoms with Crippen LogP contribution in [0.4, 0.5) is 5.69 Å². The van der Waals surface area contributed by atoms with Gasteiger partial charge in [-0.15, -0.1) is 0 Å². The quantitative estimate of drug-likeness (QED) is 0.858. The van der Waals surface area contributed by atoms with Crippen molar-refractivity contribution in [3.63, 3.8) is 0 Å². The lowest BCUT2D eigenvalue weighted by Crippen LogP contribution is -2.21. The van der Waals surface area contributed by atoms with E-state index in [9.17, 15) is 9.59 Å². The Hall–Kier alpha value is -2.63. The lowest BCUT2D eigenvalue weighted by molar-refractivity contribution is -0.119. The SMILES string of the molecule is CCc1noc(C)c1C(=O)OCC(=O)Nc1ccc(C)c(C)c1. The van der Waals surface area contributed by atoms with E-state index in [2.05, 4.69) is 10.5 Å². The van der Waals surface area contributed by atoms with E-state index in [-0.39, 0.29) is 6.61 Å². The van der Waals surface area contributed by atoms with Gasteiger partial charge >= 0.3 is 5.97 Å². The maximum atomic E-state index is 12.1. The smallest absolute Gasteiger partial charge is 0.344 e. The molecule has 1 heterocycles. The molecule has 6 nitrogen and oxygen atoms in total. The van der Waals surface area contributed by atoms with E-state index in [0.29, 0.717) is 29.1 Å². The number of amides is 1. The molecule has 6 heteroatoms. The topological polar surface area (TPSA) is 81.4 Å². The molecule has 23 heavy (non-hydrogen) atoms. The summed E-state index contributed by atoms with van der Waals surface area (Å²) in [6.45, 7) is 7.10. The number of hydrogen-bond acceptors (Lipinski definition) is 5. The summed E-state index contributed by atoms with van der Waals surface area (Å²) in [5, 5.41) is 6.49. The molecule has 1 N–H and O–H groups in total. The van der Waals surface area contributed by atoms with Crippen molar-refractivity contribution in [3.05, 3.63) is 46.3 Å². The van der Waals surface area contributed by atoms with Gasteiger partial charge in [0, 0.05) is 5.69 Å². The number of aromatic nitrogens is 1. The zero-order valence-corrected chi connectivity index (χ0v) is 13.7. The third-order valence-corrected chi connectivity index (χ3v) is 3.60.